The Morgan fingerprint density at radius 3 is 1.12 bits per heavy atom. The molecule has 0 aliphatic carbocycles. The lowest BCUT2D eigenvalue weighted by atomic mass is 10.1. The lowest BCUT2D eigenvalue weighted by molar-refractivity contribution is 0.481. The van der Waals surface area contributed by atoms with Crippen molar-refractivity contribution in [1.29, 1.82) is 0 Å². The minimum atomic E-state index is -4.97. The number of rotatable bonds is 8. The van der Waals surface area contributed by atoms with Crippen LogP contribution < -0.4 is 9.44 Å². The molecule has 12 nitrogen and oxygen atoms in total. The van der Waals surface area contributed by atoms with Crippen LogP contribution >= 0.6 is 0 Å². The smallest absolute Gasteiger partial charge is 0.282 e. The average Bonchev–Trinajstić information content (AvgIpc) is 2.82. The first-order valence-electron chi connectivity index (χ1n) is 11.1. The summed E-state index contributed by atoms with van der Waals surface area (Å²) in [6.45, 7) is 3.46. The zero-order valence-corrected chi connectivity index (χ0v) is 24.0. The van der Waals surface area contributed by atoms with Gasteiger partial charge in [0.15, 0.2) is 0 Å². The number of fused-ring (bicyclic) bond motifs is 1. The second-order valence-corrected chi connectivity index (χ2v) is 15.0. The molecule has 4 aromatic rings. The fourth-order valence-electron chi connectivity index (χ4n) is 3.76. The number of sulfonamides is 2. The van der Waals surface area contributed by atoms with Gasteiger partial charge in [-0.25, -0.2) is 16.8 Å². The highest BCUT2D eigenvalue weighted by molar-refractivity contribution is 7.93. The maximum Gasteiger partial charge on any atom is 0.294 e. The maximum absolute atomic E-state index is 13.2. The Hall–Kier alpha value is -3.54. The second-order valence-electron chi connectivity index (χ2n) is 8.83. The fourth-order valence-corrected chi connectivity index (χ4v) is 6.97. The highest BCUT2D eigenvalue weighted by Crippen LogP contribution is 2.38. The van der Waals surface area contributed by atoms with Crippen LogP contribution in [0.4, 0.5) is 11.4 Å². The molecule has 0 heterocycles. The highest BCUT2D eigenvalue weighted by Gasteiger charge is 2.25. The van der Waals surface area contributed by atoms with Gasteiger partial charge >= 0.3 is 0 Å². The lowest BCUT2D eigenvalue weighted by Gasteiger charge is -2.18. The van der Waals surface area contributed by atoms with Crippen molar-refractivity contribution in [2.45, 2.75) is 33.4 Å². The van der Waals surface area contributed by atoms with Crippen LogP contribution in [0.2, 0.25) is 0 Å². The molecule has 0 saturated carbocycles. The Morgan fingerprint density at radius 2 is 0.825 bits per heavy atom. The maximum atomic E-state index is 13.2. The molecule has 0 bridgehead atoms. The van der Waals surface area contributed by atoms with Gasteiger partial charge in [0, 0.05) is 5.39 Å². The molecule has 0 spiro atoms. The molecule has 4 aromatic carbocycles. The molecule has 4 rings (SSSR count). The molecule has 40 heavy (non-hydrogen) atoms. The Labute approximate surface area is 231 Å². The van der Waals surface area contributed by atoms with Gasteiger partial charge in [0.2, 0.25) is 0 Å². The summed E-state index contributed by atoms with van der Waals surface area (Å²) in [5, 5.41) is -0.611. The fraction of sp³-hybridized carbons (Fsp3) is 0.0833. The van der Waals surface area contributed by atoms with E-state index in [2.05, 4.69) is 9.44 Å². The highest BCUT2D eigenvalue weighted by atomic mass is 32.2. The average molecular weight is 627 g/mol. The molecule has 4 N–H and O–H groups in total. The summed E-state index contributed by atoms with van der Waals surface area (Å²) >= 11 is 0. The van der Waals surface area contributed by atoms with E-state index in [9.17, 15) is 42.8 Å². The molecule has 16 heteroatoms. The van der Waals surface area contributed by atoms with Crippen LogP contribution in [-0.2, 0) is 40.3 Å². The molecule has 0 saturated heterocycles. The SMILES string of the molecule is Cc1ccc(S(=O)(=O)Nc2cc(S(=O)(=O)O)cc3cc(S(=O)(=O)O)cc(NS(=O)(=O)c4ccc(C)cc4)c23)cc1. The summed E-state index contributed by atoms with van der Waals surface area (Å²) in [6, 6.07) is 14.3. The molecule has 0 fully saturated rings. The van der Waals surface area contributed by atoms with Gasteiger partial charge in [0.05, 0.1) is 31.0 Å². The monoisotopic (exact) mass is 626 g/mol. The molecule has 0 unspecified atom stereocenters. The number of benzene rings is 4. The molecule has 212 valence electrons. The number of anilines is 2. The van der Waals surface area contributed by atoms with Crippen LogP contribution in [0.15, 0.2) is 92.4 Å². The summed E-state index contributed by atoms with van der Waals surface area (Å²) in [6.07, 6.45) is 0. The van der Waals surface area contributed by atoms with Crippen LogP contribution in [0.25, 0.3) is 10.8 Å². The van der Waals surface area contributed by atoms with Crippen molar-refractivity contribution < 1.29 is 42.8 Å². The van der Waals surface area contributed by atoms with Crippen molar-refractivity contribution in [3.63, 3.8) is 0 Å². The van der Waals surface area contributed by atoms with Gasteiger partial charge in [0.1, 0.15) is 0 Å². The number of hydrogen-bond acceptors (Lipinski definition) is 8. The standard InChI is InChI=1S/C24H22N2O10S4/c1-15-3-7-18(8-4-15)37(27,28)25-22-13-20(39(31,32)33)11-17-12-21(40(34,35)36)14-23(24(17)22)26-38(29,30)19-9-5-16(2)6-10-19/h3-14,25-26H,1-2H3,(H,31,32,33)(H,34,35,36). The quantitative estimate of drug-likeness (QED) is 0.210. The van der Waals surface area contributed by atoms with Crippen molar-refractivity contribution in [3.8, 4) is 0 Å². The lowest BCUT2D eigenvalue weighted by Crippen LogP contribution is -2.16. The molecular weight excluding hydrogens is 605 g/mol. The van der Waals surface area contributed by atoms with Crippen LogP contribution in [0.1, 0.15) is 11.1 Å². The van der Waals surface area contributed by atoms with Gasteiger partial charge in [0.25, 0.3) is 40.3 Å². The zero-order chi connectivity index (χ0) is 29.7. The van der Waals surface area contributed by atoms with E-state index < -0.39 is 61.4 Å². The van der Waals surface area contributed by atoms with E-state index >= 15 is 0 Å². The Kier molecular flexibility index (Phi) is 7.46. The van der Waals surface area contributed by atoms with Crippen molar-refractivity contribution in [1.82, 2.24) is 0 Å². The van der Waals surface area contributed by atoms with Gasteiger partial charge in [-0.3, -0.25) is 18.5 Å². The van der Waals surface area contributed by atoms with E-state index in [1.54, 1.807) is 13.8 Å². The van der Waals surface area contributed by atoms with Crippen molar-refractivity contribution in [2.75, 3.05) is 9.44 Å². The molecular formula is C24H22N2O10S4. The first-order valence-corrected chi connectivity index (χ1v) is 17.0. The Morgan fingerprint density at radius 1 is 0.500 bits per heavy atom. The van der Waals surface area contributed by atoms with Crippen LogP contribution in [-0.4, -0.2) is 42.8 Å². The topological polar surface area (TPSA) is 201 Å². The molecule has 0 atom stereocenters. The number of nitrogens with one attached hydrogen (secondary N) is 2. The molecule has 0 aliphatic rings. The third-order valence-corrected chi connectivity index (χ3v) is 10.2. The van der Waals surface area contributed by atoms with Crippen molar-refractivity contribution >= 4 is 62.4 Å². The van der Waals surface area contributed by atoms with Crippen molar-refractivity contribution in [2.24, 2.45) is 0 Å². The number of aryl methyl sites for hydroxylation is 2. The zero-order valence-electron chi connectivity index (χ0n) is 20.7. The van der Waals surface area contributed by atoms with Crippen molar-refractivity contribution in [3.05, 3.63) is 83.9 Å². The van der Waals surface area contributed by atoms with E-state index in [4.69, 9.17) is 0 Å². The second kappa shape index (κ2) is 10.1. The largest absolute Gasteiger partial charge is 0.294 e. The first-order chi connectivity index (χ1) is 18.4. The first kappa shape index (κ1) is 29.4. The van der Waals surface area contributed by atoms with Crippen LogP contribution in [0, 0.1) is 13.8 Å². The predicted molar refractivity (Wildman–Crippen MR) is 148 cm³/mol. The number of hydrogen-bond donors (Lipinski definition) is 4. The predicted octanol–water partition coefficient (Wildman–Crippen LogP) is 3.55. The normalized spacial score (nSPS) is 12.8. The molecule has 0 amide bonds. The van der Waals surface area contributed by atoms with Gasteiger partial charge in [-0.05, 0) is 67.8 Å². The summed E-state index contributed by atoms with van der Waals surface area (Å²) in [7, 11) is -18.8. The van der Waals surface area contributed by atoms with E-state index in [-0.39, 0.29) is 20.6 Å². The summed E-state index contributed by atoms with van der Waals surface area (Å²) in [5.41, 5.74) is 0.495. The molecule has 0 radical (unpaired) electrons. The molecule has 0 aromatic heterocycles. The van der Waals surface area contributed by atoms with Gasteiger partial charge in [-0.2, -0.15) is 16.8 Å². The Balaban J connectivity index is 2.04. The van der Waals surface area contributed by atoms with Gasteiger partial charge in [-0.15, -0.1) is 0 Å². The van der Waals surface area contributed by atoms with Gasteiger partial charge in [-0.1, -0.05) is 35.4 Å². The van der Waals surface area contributed by atoms with E-state index in [1.807, 2.05) is 0 Å². The van der Waals surface area contributed by atoms with E-state index in [0.717, 1.165) is 35.4 Å². The summed E-state index contributed by atoms with van der Waals surface area (Å²) in [5.74, 6) is 0. The van der Waals surface area contributed by atoms with Gasteiger partial charge < -0.3 is 0 Å². The minimum absolute atomic E-state index is 0.222. The third-order valence-electron chi connectivity index (χ3n) is 5.74. The molecule has 0 aliphatic heterocycles. The summed E-state index contributed by atoms with van der Waals surface area (Å²) in [4.78, 5) is -2.11. The summed E-state index contributed by atoms with van der Waals surface area (Å²) < 4.78 is 125. The third kappa shape index (κ3) is 6.27. The van der Waals surface area contributed by atoms with E-state index in [1.165, 1.54) is 48.5 Å². The van der Waals surface area contributed by atoms with Crippen LogP contribution in [0.5, 0.6) is 0 Å². The minimum Gasteiger partial charge on any atom is -0.282 e. The van der Waals surface area contributed by atoms with E-state index in [0.29, 0.717) is 0 Å². The Bertz CT molecular complexity index is 1930. The van der Waals surface area contributed by atoms with Crippen LogP contribution in [0.3, 0.4) is 0 Å².